The van der Waals surface area contributed by atoms with E-state index in [4.69, 9.17) is 34.8 Å². The van der Waals surface area contributed by atoms with Crippen molar-refractivity contribution in [3.05, 3.63) is 63.1 Å². The summed E-state index contributed by atoms with van der Waals surface area (Å²) in [5.74, 6) is -0.897. The zero-order chi connectivity index (χ0) is 16.8. The van der Waals surface area contributed by atoms with Gasteiger partial charge in [0.2, 0.25) is 11.8 Å². The number of hydrogen-bond acceptors (Lipinski definition) is 2. The third-order valence-corrected chi connectivity index (χ3v) is 3.89. The molecular formula is C16H13Cl3N2O2. The Morgan fingerprint density at radius 2 is 1.65 bits per heavy atom. The first-order valence-corrected chi connectivity index (χ1v) is 7.84. The lowest BCUT2D eigenvalue weighted by atomic mass is 10.2. The Bertz CT molecular complexity index is 735. The summed E-state index contributed by atoms with van der Waals surface area (Å²) in [6.45, 7) is 0.254. The summed E-state index contributed by atoms with van der Waals surface area (Å²) in [6.07, 6.45) is -0.326. The maximum atomic E-state index is 11.9. The SMILES string of the molecule is O=C(CC(=O)Nc1cc(Cl)ccc1Cl)NCc1ccccc1Cl. The van der Waals surface area contributed by atoms with E-state index in [1.54, 1.807) is 30.3 Å². The summed E-state index contributed by atoms with van der Waals surface area (Å²) in [6, 6.07) is 11.8. The van der Waals surface area contributed by atoms with Crippen molar-refractivity contribution in [3.63, 3.8) is 0 Å². The minimum absolute atomic E-state index is 0.254. The van der Waals surface area contributed by atoms with Crippen LogP contribution in [0.3, 0.4) is 0 Å². The Labute approximate surface area is 148 Å². The molecule has 0 saturated heterocycles. The van der Waals surface area contributed by atoms with E-state index in [9.17, 15) is 9.59 Å². The number of hydrogen-bond donors (Lipinski definition) is 2. The van der Waals surface area contributed by atoms with Gasteiger partial charge < -0.3 is 10.6 Å². The second-order valence-corrected chi connectivity index (χ2v) is 5.97. The molecular weight excluding hydrogens is 359 g/mol. The highest BCUT2D eigenvalue weighted by atomic mass is 35.5. The normalized spacial score (nSPS) is 10.2. The lowest BCUT2D eigenvalue weighted by Gasteiger charge is -2.09. The second kappa shape index (κ2) is 8.20. The van der Waals surface area contributed by atoms with Crippen LogP contribution in [-0.4, -0.2) is 11.8 Å². The summed E-state index contributed by atoms with van der Waals surface area (Å²) < 4.78 is 0. The van der Waals surface area contributed by atoms with E-state index < -0.39 is 11.8 Å². The number of anilines is 1. The monoisotopic (exact) mass is 370 g/mol. The number of carbonyl (C=O) groups is 2. The molecule has 0 aliphatic carbocycles. The standard InChI is InChI=1S/C16H13Cl3N2O2/c17-11-5-6-13(19)14(7-11)21-16(23)8-15(22)20-9-10-3-1-2-4-12(10)18/h1-7H,8-9H2,(H,20,22)(H,21,23). The van der Waals surface area contributed by atoms with Gasteiger partial charge in [-0.2, -0.15) is 0 Å². The van der Waals surface area contributed by atoms with Gasteiger partial charge in [-0.05, 0) is 29.8 Å². The third kappa shape index (κ3) is 5.43. The average Bonchev–Trinajstić information content (AvgIpc) is 2.50. The highest BCUT2D eigenvalue weighted by Gasteiger charge is 2.12. The highest BCUT2D eigenvalue weighted by Crippen LogP contribution is 2.25. The van der Waals surface area contributed by atoms with Gasteiger partial charge in [-0.15, -0.1) is 0 Å². The van der Waals surface area contributed by atoms with Gasteiger partial charge in [0.25, 0.3) is 0 Å². The van der Waals surface area contributed by atoms with Crippen molar-refractivity contribution in [2.75, 3.05) is 5.32 Å². The van der Waals surface area contributed by atoms with Gasteiger partial charge in [-0.3, -0.25) is 9.59 Å². The molecule has 2 amide bonds. The molecule has 7 heteroatoms. The smallest absolute Gasteiger partial charge is 0.233 e. The molecule has 0 bridgehead atoms. The van der Waals surface area contributed by atoms with Gasteiger partial charge in [0.05, 0.1) is 10.7 Å². The molecule has 2 aromatic carbocycles. The van der Waals surface area contributed by atoms with E-state index in [2.05, 4.69) is 10.6 Å². The molecule has 2 rings (SSSR count). The van der Waals surface area contributed by atoms with Gasteiger partial charge in [-0.25, -0.2) is 0 Å². The van der Waals surface area contributed by atoms with Crippen LogP contribution in [-0.2, 0) is 16.1 Å². The summed E-state index contributed by atoms with van der Waals surface area (Å²) in [5.41, 5.74) is 1.14. The number of rotatable bonds is 5. The second-order valence-electron chi connectivity index (χ2n) is 4.72. The fourth-order valence-electron chi connectivity index (χ4n) is 1.83. The van der Waals surface area contributed by atoms with Gasteiger partial charge in [-0.1, -0.05) is 53.0 Å². The first kappa shape index (κ1) is 17.6. The van der Waals surface area contributed by atoms with Gasteiger partial charge >= 0.3 is 0 Å². The van der Waals surface area contributed by atoms with Crippen LogP contribution in [0.2, 0.25) is 15.1 Å². The lowest BCUT2D eigenvalue weighted by Crippen LogP contribution is -2.27. The van der Waals surface area contributed by atoms with E-state index in [-0.39, 0.29) is 13.0 Å². The van der Waals surface area contributed by atoms with Crippen LogP contribution in [0.1, 0.15) is 12.0 Å². The third-order valence-electron chi connectivity index (χ3n) is 2.96. The van der Waals surface area contributed by atoms with Crippen LogP contribution in [0.5, 0.6) is 0 Å². The average molecular weight is 372 g/mol. The minimum Gasteiger partial charge on any atom is -0.352 e. The Morgan fingerprint density at radius 1 is 0.913 bits per heavy atom. The van der Waals surface area contributed by atoms with E-state index in [1.807, 2.05) is 6.07 Å². The summed E-state index contributed by atoms with van der Waals surface area (Å²) in [4.78, 5) is 23.7. The first-order valence-electron chi connectivity index (χ1n) is 6.70. The zero-order valence-electron chi connectivity index (χ0n) is 11.9. The van der Waals surface area contributed by atoms with Crippen molar-refractivity contribution in [1.82, 2.24) is 5.32 Å². The van der Waals surface area contributed by atoms with Crippen molar-refractivity contribution in [2.24, 2.45) is 0 Å². The first-order chi connectivity index (χ1) is 11.0. The van der Waals surface area contributed by atoms with Crippen LogP contribution in [0.4, 0.5) is 5.69 Å². The van der Waals surface area contributed by atoms with Crippen LogP contribution in [0.15, 0.2) is 42.5 Å². The van der Waals surface area contributed by atoms with Gasteiger partial charge in [0.15, 0.2) is 0 Å². The summed E-state index contributed by atoms with van der Waals surface area (Å²) in [7, 11) is 0. The lowest BCUT2D eigenvalue weighted by molar-refractivity contribution is -0.126. The predicted molar refractivity (Wildman–Crippen MR) is 93.0 cm³/mol. The molecule has 0 heterocycles. The number of carbonyl (C=O) groups excluding carboxylic acids is 2. The molecule has 23 heavy (non-hydrogen) atoms. The fraction of sp³-hybridized carbons (Fsp3) is 0.125. The Balaban J connectivity index is 1.86. The molecule has 0 radical (unpaired) electrons. The summed E-state index contributed by atoms with van der Waals surface area (Å²) >= 11 is 17.8. The Kier molecular flexibility index (Phi) is 6.28. The number of nitrogens with one attached hydrogen (secondary N) is 2. The molecule has 4 nitrogen and oxygen atoms in total. The molecule has 0 unspecified atom stereocenters. The van der Waals surface area contributed by atoms with Crippen molar-refractivity contribution in [2.45, 2.75) is 13.0 Å². The van der Waals surface area contributed by atoms with Crippen molar-refractivity contribution in [3.8, 4) is 0 Å². The number of amides is 2. The molecule has 0 aromatic heterocycles. The van der Waals surface area contributed by atoms with Gasteiger partial charge in [0.1, 0.15) is 6.42 Å². The molecule has 2 aromatic rings. The molecule has 0 fully saturated rings. The largest absolute Gasteiger partial charge is 0.352 e. The molecule has 2 N–H and O–H groups in total. The zero-order valence-corrected chi connectivity index (χ0v) is 14.2. The molecule has 0 aliphatic heterocycles. The topological polar surface area (TPSA) is 58.2 Å². The van der Waals surface area contributed by atoms with Crippen molar-refractivity contribution >= 4 is 52.3 Å². The minimum atomic E-state index is -0.481. The summed E-state index contributed by atoms with van der Waals surface area (Å²) in [5, 5.41) is 6.53. The Morgan fingerprint density at radius 3 is 2.39 bits per heavy atom. The molecule has 0 saturated carbocycles. The van der Waals surface area contributed by atoms with Crippen LogP contribution in [0, 0.1) is 0 Å². The van der Waals surface area contributed by atoms with Crippen LogP contribution >= 0.6 is 34.8 Å². The number of benzene rings is 2. The van der Waals surface area contributed by atoms with Crippen molar-refractivity contribution < 1.29 is 9.59 Å². The van der Waals surface area contributed by atoms with E-state index in [1.165, 1.54) is 6.07 Å². The maximum Gasteiger partial charge on any atom is 0.233 e. The van der Waals surface area contributed by atoms with Crippen molar-refractivity contribution in [1.29, 1.82) is 0 Å². The number of halogens is 3. The predicted octanol–water partition coefficient (Wildman–Crippen LogP) is 4.29. The van der Waals surface area contributed by atoms with Crippen LogP contribution in [0.25, 0.3) is 0 Å². The molecule has 0 aliphatic rings. The fourth-order valence-corrected chi connectivity index (χ4v) is 2.37. The van der Waals surface area contributed by atoms with E-state index in [0.29, 0.717) is 20.8 Å². The molecule has 0 spiro atoms. The maximum absolute atomic E-state index is 11.9. The quantitative estimate of drug-likeness (QED) is 0.770. The highest BCUT2D eigenvalue weighted by molar-refractivity contribution is 6.35. The molecule has 120 valence electrons. The molecule has 0 atom stereocenters. The van der Waals surface area contributed by atoms with Crippen LogP contribution < -0.4 is 10.6 Å². The Hall–Kier alpha value is -1.75. The van der Waals surface area contributed by atoms with Gasteiger partial charge in [0, 0.05) is 16.6 Å². The van der Waals surface area contributed by atoms with E-state index in [0.717, 1.165) is 5.56 Å². The van der Waals surface area contributed by atoms with E-state index >= 15 is 0 Å².